The van der Waals surface area contributed by atoms with Gasteiger partial charge in [0.15, 0.2) is 0 Å². The molecule has 1 aliphatic heterocycles. The lowest BCUT2D eigenvalue weighted by atomic mass is 10.0. The highest BCUT2D eigenvalue weighted by molar-refractivity contribution is 6.06. The molecule has 0 saturated carbocycles. The van der Waals surface area contributed by atoms with E-state index in [0.717, 1.165) is 29.2 Å². The van der Waals surface area contributed by atoms with Gasteiger partial charge in [0.05, 0.1) is 12.0 Å². The first-order chi connectivity index (χ1) is 5.93. The molecule has 0 unspecified atom stereocenters. The number of aromatic amines is 1. The average Bonchev–Trinajstić information content (AvgIpc) is 2.64. The molecule has 3 rings (SSSR count). The normalized spacial score (nSPS) is 18.3. The molecule has 0 amide bonds. The molecule has 0 fully saturated rings. The van der Waals surface area contributed by atoms with Crippen LogP contribution in [-0.2, 0) is 11.4 Å². The third-order valence-corrected chi connectivity index (χ3v) is 2.00. The summed E-state index contributed by atoms with van der Waals surface area (Å²) in [4.78, 5) is 11.9. The second-order valence-electron chi connectivity index (χ2n) is 2.73. The number of allylic oxidation sites excluding steroid dienone is 1. The maximum absolute atomic E-state index is 4.72. The number of hydroxylamine groups is 1. The van der Waals surface area contributed by atoms with Crippen molar-refractivity contribution in [2.45, 2.75) is 6.42 Å². The molecule has 2 N–H and O–H groups in total. The van der Waals surface area contributed by atoms with Crippen LogP contribution in [0.25, 0.3) is 6.08 Å². The summed E-state index contributed by atoms with van der Waals surface area (Å²) >= 11 is 0. The van der Waals surface area contributed by atoms with Crippen molar-refractivity contribution in [2.75, 3.05) is 0 Å². The Morgan fingerprint density at radius 3 is 3.50 bits per heavy atom. The summed E-state index contributed by atoms with van der Waals surface area (Å²) in [6.07, 6.45) is 4.36. The molecule has 1 aliphatic carbocycles. The van der Waals surface area contributed by atoms with Gasteiger partial charge in [-0.25, -0.2) is 4.98 Å². The van der Waals surface area contributed by atoms with Crippen LogP contribution >= 0.6 is 0 Å². The number of oxime groups is 1. The van der Waals surface area contributed by atoms with E-state index in [1.165, 1.54) is 0 Å². The zero-order valence-corrected chi connectivity index (χ0v) is 6.16. The predicted molar refractivity (Wildman–Crippen MR) is 41.9 cm³/mol. The van der Waals surface area contributed by atoms with E-state index in [0.29, 0.717) is 0 Å². The highest BCUT2D eigenvalue weighted by Crippen LogP contribution is 2.20. The molecule has 1 aromatic rings. The number of nitrogens with one attached hydrogen (secondary N) is 2. The van der Waals surface area contributed by atoms with Gasteiger partial charge < -0.3 is 4.98 Å². The minimum atomic E-state index is 0.758. The number of hydrogen-bond acceptors (Lipinski definition) is 4. The maximum Gasteiger partial charge on any atom is 0.115 e. The Morgan fingerprint density at radius 2 is 2.50 bits per heavy atom. The van der Waals surface area contributed by atoms with Gasteiger partial charge in [-0.05, 0) is 6.08 Å². The summed E-state index contributed by atoms with van der Waals surface area (Å²) in [5.41, 5.74) is 6.58. The minimum absolute atomic E-state index is 0.758. The number of aromatic nitrogens is 2. The number of nitrogens with zero attached hydrogens (tertiary/aromatic N) is 2. The van der Waals surface area contributed by atoms with Crippen molar-refractivity contribution in [3.8, 4) is 0 Å². The fraction of sp³-hybridized carbons (Fsp3) is 0.143. The lowest BCUT2D eigenvalue weighted by molar-refractivity contribution is 0.0910. The lowest BCUT2D eigenvalue weighted by Gasteiger charge is -2.05. The molecule has 0 saturated heterocycles. The Bertz CT molecular complexity index is 390. The molecule has 60 valence electrons. The third kappa shape index (κ3) is 0.623. The van der Waals surface area contributed by atoms with Crippen molar-refractivity contribution in [1.82, 2.24) is 15.4 Å². The van der Waals surface area contributed by atoms with E-state index >= 15 is 0 Å². The minimum Gasteiger partial charge on any atom is -0.348 e. The lowest BCUT2D eigenvalue weighted by Crippen LogP contribution is -2.16. The highest BCUT2D eigenvalue weighted by atomic mass is 16.8. The van der Waals surface area contributed by atoms with Crippen LogP contribution in [0.5, 0.6) is 0 Å². The Morgan fingerprint density at radius 1 is 1.50 bits per heavy atom. The molecule has 2 heterocycles. The second kappa shape index (κ2) is 1.88. The first kappa shape index (κ1) is 5.82. The summed E-state index contributed by atoms with van der Waals surface area (Å²) in [7, 11) is 0. The molecule has 1 aromatic heterocycles. The molecule has 0 aromatic carbocycles. The molecule has 0 bridgehead atoms. The number of H-pyrrole nitrogens is 1. The van der Waals surface area contributed by atoms with E-state index in [9.17, 15) is 0 Å². The maximum atomic E-state index is 4.72. The van der Waals surface area contributed by atoms with E-state index in [1.807, 2.05) is 6.08 Å². The Kier molecular flexibility index (Phi) is 0.910. The van der Waals surface area contributed by atoms with Crippen LogP contribution in [0.15, 0.2) is 17.2 Å². The number of rotatable bonds is 0. The van der Waals surface area contributed by atoms with Crippen LogP contribution in [0.1, 0.15) is 11.4 Å². The zero-order valence-electron chi connectivity index (χ0n) is 6.16. The van der Waals surface area contributed by atoms with E-state index in [-0.39, 0.29) is 0 Å². The van der Waals surface area contributed by atoms with Gasteiger partial charge in [0.1, 0.15) is 11.4 Å². The molecule has 0 spiro atoms. The summed E-state index contributed by atoms with van der Waals surface area (Å²) in [6.45, 7) is 0. The van der Waals surface area contributed by atoms with Crippen LogP contribution in [0.4, 0.5) is 0 Å². The molecule has 0 radical (unpaired) electrons. The van der Waals surface area contributed by atoms with E-state index in [1.54, 1.807) is 6.33 Å². The van der Waals surface area contributed by atoms with Gasteiger partial charge >= 0.3 is 0 Å². The van der Waals surface area contributed by atoms with Crippen LogP contribution in [0.2, 0.25) is 0 Å². The van der Waals surface area contributed by atoms with Crippen molar-refractivity contribution in [3.05, 3.63) is 23.4 Å². The third-order valence-electron chi connectivity index (χ3n) is 2.00. The van der Waals surface area contributed by atoms with Gasteiger partial charge in [0.2, 0.25) is 0 Å². The smallest absolute Gasteiger partial charge is 0.115 e. The van der Waals surface area contributed by atoms with Crippen molar-refractivity contribution < 1.29 is 4.94 Å². The molecular weight excluding hydrogens is 156 g/mol. The SMILES string of the molecule is C1=C2NON=C2Cc2[nH]cnc21. The molecule has 2 aliphatic rings. The van der Waals surface area contributed by atoms with E-state index in [4.69, 9.17) is 4.94 Å². The number of hydrogen-bond donors (Lipinski definition) is 2. The van der Waals surface area contributed by atoms with Gasteiger partial charge in [-0.15, -0.1) is 0 Å². The fourth-order valence-corrected chi connectivity index (χ4v) is 1.38. The number of fused-ring (bicyclic) bond motifs is 2. The molecule has 12 heavy (non-hydrogen) atoms. The predicted octanol–water partition coefficient (Wildman–Crippen LogP) is 0.198. The van der Waals surface area contributed by atoms with Crippen LogP contribution in [-0.4, -0.2) is 15.7 Å². The topological polar surface area (TPSA) is 62.3 Å². The molecule has 5 nitrogen and oxygen atoms in total. The van der Waals surface area contributed by atoms with Gasteiger partial charge in [0.25, 0.3) is 0 Å². The first-order valence-electron chi connectivity index (χ1n) is 3.67. The Balaban J connectivity index is 2.18. The number of imidazole rings is 1. The average molecular weight is 162 g/mol. The monoisotopic (exact) mass is 162 g/mol. The van der Waals surface area contributed by atoms with E-state index in [2.05, 4.69) is 20.6 Å². The van der Waals surface area contributed by atoms with Gasteiger partial charge in [-0.2, -0.15) is 5.48 Å². The first-order valence-corrected chi connectivity index (χ1v) is 3.67. The summed E-state index contributed by atoms with van der Waals surface area (Å²) in [5.74, 6) is 0. The fourth-order valence-electron chi connectivity index (χ4n) is 1.38. The largest absolute Gasteiger partial charge is 0.348 e. The summed E-state index contributed by atoms with van der Waals surface area (Å²) in [6, 6.07) is 0. The summed E-state index contributed by atoms with van der Waals surface area (Å²) < 4.78 is 0. The van der Waals surface area contributed by atoms with Crippen LogP contribution < -0.4 is 5.48 Å². The van der Waals surface area contributed by atoms with E-state index < -0.39 is 0 Å². The molecular formula is C7H6N4O. The van der Waals surface area contributed by atoms with Crippen molar-refractivity contribution >= 4 is 11.8 Å². The van der Waals surface area contributed by atoms with Gasteiger partial charge in [-0.1, -0.05) is 5.16 Å². The molecule has 5 heteroatoms. The van der Waals surface area contributed by atoms with Crippen molar-refractivity contribution in [1.29, 1.82) is 0 Å². The Hall–Kier alpha value is -1.78. The van der Waals surface area contributed by atoms with Gasteiger partial charge in [-0.3, -0.25) is 4.94 Å². The quantitative estimate of drug-likeness (QED) is 0.572. The standard InChI is InChI=1S/C7H6N4O/c1-4-5(9-3-8-4)2-7-6(1)10-12-11-7/h1,3,10H,2H2,(H,8,9). The summed E-state index contributed by atoms with van der Waals surface area (Å²) in [5, 5.41) is 3.83. The Labute approximate surface area is 68.1 Å². The molecule has 0 atom stereocenters. The van der Waals surface area contributed by atoms with Crippen molar-refractivity contribution in [2.24, 2.45) is 5.16 Å². The second-order valence-corrected chi connectivity index (χ2v) is 2.73. The van der Waals surface area contributed by atoms with Crippen molar-refractivity contribution in [3.63, 3.8) is 0 Å². The van der Waals surface area contributed by atoms with Gasteiger partial charge in [0, 0.05) is 12.1 Å². The highest BCUT2D eigenvalue weighted by Gasteiger charge is 2.23. The van der Waals surface area contributed by atoms with Crippen LogP contribution in [0, 0.1) is 0 Å². The zero-order chi connectivity index (χ0) is 7.97. The van der Waals surface area contributed by atoms with Crippen LogP contribution in [0.3, 0.4) is 0 Å².